The van der Waals surface area contributed by atoms with Crippen LogP contribution in [0, 0.1) is 0 Å². The number of nitrogens with zero attached hydrogens (tertiary/aromatic N) is 1. The van der Waals surface area contributed by atoms with Gasteiger partial charge in [0.05, 0.1) is 11.4 Å². The monoisotopic (exact) mass is 691 g/mol. The molecule has 1 heterocycles. The van der Waals surface area contributed by atoms with Gasteiger partial charge in [0.15, 0.2) is 0 Å². The number of benzene rings is 8. The molecule has 9 aromatic rings. The second kappa shape index (κ2) is 13.6. The maximum Gasteiger partial charge on any atom is 0.143 e. The first kappa shape index (κ1) is 31.8. The Morgan fingerprint density at radius 2 is 1.06 bits per heavy atom. The van der Waals surface area contributed by atoms with Crippen LogP contribution in [0.15, 0.2) is 216 Å². The van der Waals surface area contributed by atoms with E-state index in [0.717, 1.165) is 56.6 Å². The summed E-state index contributed by atoms with van der Waals surface area (Å²) in [6.45, 7) is 0. The summed E-state index contributed by atoms with van der Waals surface area (Å²) in [6.07, 6.45) is 7.98. The maximum absolute atomic E-state index is 6.79. The summed E-state index contributed by atoms with van der Waals surface area (Å²) in [5, 5.41) is 4.64. The van der Waals surface area contributed by atoms with Crippen molar-refractivity contribution in [1.29, 1.82) is 0 Å². The molecule has 10 rings (SSSR count). The molecule has 0 spiro atoms. The van der Waals surface area contributed by atoms with Crippen LogP contribution in [0.3, 0.4) is 0 Å². The van der Waals surface area contributed by atoms with Crippen molar-refractivity contribution in [2.24, 2.45) is 0 Å². The quantitative estimate of drug-likeness (QED) is 0.165. The lowest BCUT2D eigenvalue weighted by molar-refractivity contribution is 0.670. The van der Waals surface area contributed by atoms with Crippen molar-refractivity contribution in [2.45, 2.75) is 12.3 Å². The molecule has 0 bridgehead atoms. The first-order valence-electron chi connectivity index (χ1n) is 18.7. The van der Waals surface area contributed by atoms with Crippen molar-refractivity contribution in [1.82, 2.24) is 0 Å². The van der Waals surface area contributed by atoms with E-state index >= 15 is 0 Å². The SMILES string of the molecule is C1=CC(c2ccccc2)CC=C1N(c1ccccc1-c1ccc(-c2ccccc2)cc1)c1ccccc1-c1cccc2c1oc1cc3ccccc3cc12. The van der Waals surface area contributed by atoms with E-state index in [1.54, 1.807) is 0 Å². The molecule has 0 saturated heterocycles. The second-order valence-corrected chi connectivity index (χ2v) is 14.0. The van der Waals surface area contributed by atoms with Crippen LogP contribution < -0.4 is 4.90 Å². The molecule has 8 aromatic carbocycles. The van der Waals surface area contributed by atoms with Crippen molar-refractivity contribution < 1.29 is 4.42 Å². The van der Waals surface area contributed by atoms with Crippen LogP contribution in [-0.2, 0) is 0 Å². The molecule has 2 heteroatoms. The smallest absolute Gasteiger partial charge is 0.143 e. The molecule has 0 radical (unpaired) electrons. The van der Waals surface area contributed by atoms with Crippen LogP contribution in [0.1, 0.15) is 17.9 Å². The molecule has 1 unspecified atom stereocenters. The molecule has 2 nitrogen and oxygen atoms in total. The third-order valence-corrected chi connectivity index (χ3v) is 10.8. The van der Waals surface area contributed by atoms with Crippen molar-refractivity contribution >= 4 is 44.1 Å². The summed E-state index contributed by atoms with van der Waals surface area (Å²) in [4.78, 5) is 2.45. The number of rotatable bonds is 7. The van der Waals surface area contributed by atoms with Gasteiger partial charge in [-0.25, -0.2) is 0 Å². The molecule has 0 N–H and O–H groups in total. The number of furan rings is 1. The van der Waals surface area contributed by atoms with Gasteiger partial charge in [0.25, 0.3) is 0 Å². The van der Waals surface area contributed by atoms with Gasteiger partial charge in [-0.1, -0.05) is 176 Å². The molecule has 1 aliphatic rings. The van der Waals surface area contributed by atoms with E-state index in [-0.39, 0.29) is 0 Å². The van der Waals surface area contributed by atoms with E-state index in [2.05, 4.69) is 211 Å². The molecule has 256 valence electrons. The predicted octanol–water partition coefficient (Wildman–Crippen LogP) is 14.5. The molecule has 0 amide bonds. The average Bonchev–Trinajstić information content (AvgIpc) is 3.62. The zero-order valence-electron chi connectivity index (χ0n) is 29.8. The van der Waals surface area contributed by atoms with E-state index in [1.165, 1.54) is 38.6 Å². The molecular weight excluding hydrogens is 655 g/mol. The van der Waals surface area contributed by atoms with Crippen LogP contribution >= 0.6 is 0 Å². The van der Waals surface area contributed by atoms with Gasteiger partial charge in [0.2, 0.25) is 0 Å². The predicted molar refractivity (Wildman–Crippen MR) is 227 cm³/mol. The number of fused-ring (bicyclic) bond motifs is 4. The summed E-state index contributed by atoms with van der Waals surface area (Å²) in [7, 11) is 0. The molecular formula is C52H37NO. The van der Waals surface area contributed by atoms with Gasteiger partial charge in [-0.05, 0) is 69.8 Å². The van der Waals surface area contributed by atoms with Crippen molar-refractivity contribution in [3.8, 4) is 33.4 Å². The molecule has 0 saturated carbocycles. The zero-order chi connectivity index (χ0) is 35.8. The molecule has 1 atom stereocenters. The Kier molecular flexibility index (Phi) is 8.00. The number of allylic oxidation sites excluding steroid dienone is 3. The van der Waals surface area contributed by atoms with Crippen molar-refractivity contribution in [3.63, 3.8) is 0 Å². The fourth-order valence-corrected chi connectivity index (χ4v) is 8.11. The van der Waals surface area contributed by atoms with Gasteiger partial charge in [-0.15, -0.1) is 0 Å². The van der Waals surface area contributed by atoms with E-state index in [4.69, 9.17) is 4.42 Å². The van der Waals surface area contributed by atoms with Crippen LogP contribution in [0.4, 0.5) is 11.4 Å². The van der Waals surface area contributed by atoms with E-state index < -0.39 is 0 Å². The van der Waals surface area contributed by atoms with Gasteiger partial charge in [-0.3, -0.25) is 0 Å². The lowest BCUT2D eigenvalue weighted by atomic mass is 9.90. The first-order chi connectivity index (χ1) is 26.8. The summed E-state index contributed by atoms with van der Waals surface area (Å²) in [5.41, 5.74) is 13.4. The van der Waals surface area contributed by atoms with Crippen LogP contribution in [0.2, 0.25) is 0 Å². The minimum Gasteiger partial charge on any atom is -0.455 e. The number of para-hydroxylation sites is 3. The van der Waals surface area contributed by atoms with Gasteiger partial charge >= 0.3 is 0 Å². The third kappa shape index (κ3) is 5.70. The number of anilines is 2. The molecule has 54 heavy (non-hydrogen) atoms. The highest BCUT2D eigenvalue weighted by atomic mass is 16.3. The Labute approximate surface area is 315 Å². The summed E-state index contributed by atoms with van der Waals surface area (Å²) in [6, 6.07) is 67.4. The Morgan fingerprint density at radius 3 is 1.80 bits per heavy atom. The van der Waals surface area contributed by atoms with Gasteiger partial charge < -0.3 is 9.32 Å². The minimum atomic E-state index is 0.327. The highest BCUT2D eigenvalue weighted by molar-refractivity contribution is 6.14. The summed E-state index contributed by atoms with van der Waals surface area (Å²) in [5.74, 6) is 0.327. The first-order valence-corrected chi connectivity index (χ1v) is 18.7. The second-order valence-electron chi connectivity index (χ2n) is 14.0. The van der Waals surface area contributed by atoms with Crippen LogP contribution in [0.5, 0.6) is 0 Å². The van der Waals surface area contributed by atoms with Crippen LogP contribution in [0.25, 0.3) is 66.1 Å². The standard InChI is InChI=1S/C52H37NO/c1-3-14-36(15-4-1)38-26-28-40(29-27-38)44-20-9-11-24-49(44)53(43-32-30-39(31-33-43)37-16-5-2-6-17-37)50-25-12-10-21-45(50)46-22-13-23-47-48-34-41-18-7-8-19-42(41)35-51(48)54-52(46)47/h1-30,32-35,39H,31H2. The largest absolute Gasteiger partial charge is 0.455 e. The Balaban J connectivity index is 1.14. The highest BCUT2D eigenvalue weighted by Gasteiger charge is 2.24. The van der Waals surface area contributed by atoms with Gasteiger partial charge in [0.1, 0.15) is 11.2 Å². The topological polar surface area (TPSA) is 16.4 Å². The number of hydrogen-bond donors (Lipinski definition) is 0. The molecule has 0 fully saturated rings. The molecule has 0 aliphatic heterocycles. The van der Waals surface area contributed by atoms with Crippen LogP contribution in [-0.4, -0.2) is 0 Å². The lowest BCUT2D eigenvalue weighted by Crippen LogP contribution is -2.19. The normalized spacial score (nSPS) is 14.1. The highest BCUT2D eigenvalue weighted by Crippen LogP contribution is 2.46. The third-order valence-electron chi connectivity index (χ3n) is 10.8. The fraction of sp³-hybridized carbons (Fsp3) is 0.0385. The van der Waals surface area contributed by atoms with Gasteiger partial charge in [-0.2, -0.15) is 0 Å². The lowest BCUT2D eigenvalue weighted by Gasteiger charge is -2.32. The Morgan fingerprint density at radius 1 is 0.463 bits per heavy atom. The van der Waals surface area contributed by atoms with Crippen molar-refractivity contribution in [2.75, 3.05) is 4.90 Å². The average molecular weight is 692 g/mol. The number of hydrogen-bond acceptors (Lipinski definition) is 2. The Hall–Kier alpha value is -6.90. The minimum absolute atomic E-state index is 0.327. The molecule has 1 aliphatic carbocycles. The van der Waals surface area contributed by atoms with E-state index in [9.17, 15) is 0 Å². The van der Waals surface area contributed by atoms with E-state index in [1.807, 2.05) is 0 Å². The maximum atomic E-state index is 6.79. The zero-order valence-corrected chi connectivity index (χ0v) is 29.8. The molecule has 1 aromatic heterocycles. The summed E-state index contributed by atoms with van der Waals surface area (Å²) < 4.78 is 6.79. The van der Waals surface area contributed by atoms with E-state index in [0.29, 0.717) is 5.92 Å². The van der Waals surface area contributed by atoms with Gasteiger partial charge in [0, 0.05) is 39.1 Å². The fourth-order valence-electron chi connectivity index (χ4n) is 8.11. The summed E-state index contributed by atoms with van der Waals surface area (Å²) >= 11 is 0. The van der Waals surface area contributed by atoms with Crippen molar-refractivity contribution in [3.05, 3.63) is 218 Å². The Bertz CT molecular complexity index is 2840.